The van der Waals surface area contributed by atoms with Crippen LogP contribution in [0, 0.1) is 0 Å². The number of urea groups is 1. The minimum Gasteiger partial charge on any atom is -0.457 e. The lowest BCUT2D eigenvalue weighted by molar-refractivity contribution is -0.127. The van der Waals surface area contributed by atoms with Gasteiger partial charge in [-0.15, -0.1) is 0 Å². The molecule has 2 aromatic rings. The van der Waals surface area contributed by atoms with Crippen LogP contribution < -0.4 is 21.3 Å². The van der Waals surface area contributed by atoms with Gasteiger partial charge in [-0.3, -0.25) is 20.2 Å². The normalized spacial score (nSPS) is 11.7. The van der Waals surface area contributed by atoms with Gasteiger partial charge < -0.3 is 15.1 Å². The zero-order valence-electron chi connectivity index (χ0n) is 12.7. The van der Waals surface area contributed by atoms with E-state index in [1.807, 2.05) is 0 Å². The fourth-order valence-corrected chi connectivity index (χ4v) is 2.02. The topological polar surface area (TPSA) is 125 Å². The number of rotatable bonds is 6. The summed E-state index contributed by atoms with van der Waals surface area (Å²) in [5.74, 6) is 0.126. The van der Waals surface area contributed by atoms with E-state index in [-0.39, 0.29) is 6.03 Å². The summed E-state index contributed by atoms with van der Waals surface area (Å²) < 4.78 is 5.57. The summed E-state index contributed by atoms with van der Waals surface area (Å²) in [5, 5.41) is 10.00. The van der Waals surface area contributed by atoms with Crippen LogP contribution in [0.5, 0.6) is 0 Å². The molecule has 9 heteroatoms. The number of anilines is 1. The molecule has 2 aromatic heterocycles. The standard InChI is InChI=1S/C14H17N5O4/c1-3-16-14(22)19-11-5-4-9-8(18-11)6-10(23-9)12(15-2)13(21)17-7-20/h4-7,12,15H,3H2,1-2H3,(H,17,20,21)(H2,16,18,19,22). The van der Waals surface area contributed by atoms with Crippen LogP contribution in [0.3, 0.4) is 0 Å². The highest BCUT2D eigenvalue weighted by atomic mass is 16.3. The van der Waals surface area contributed by atoms with Gasteiger partial charge in [0.25, 0.3) is 5.91 Å². The lowest BCUT2D eigenvalue weighted by Gasteiger charge is -2.10. The highest BCUT2D eigenvalue weighted by Gasteiger charge is 2.22. The third-order valence-electron chi connectivity index (χ3n) is 3.01. The molecule has 0 bridgehead atoms. The maximum Gasteiger partial charge on any atom is 0.320 e. The second-order valence-electron chi connectivity index (χ2n) is 4.56. The van der Waals surface area contributed by atoms with Crippen molar-refractivity contribution in [1.29, 1.82) is 0 Å². The number of fused-ring (bicyclic) bond motifs is 1. The summed E-state index contributed by atoms with van der Waals surface area (Å²) in [6, 6.07) is 3.61. The van der Waals surface area contributed by atoms with E-state index in [9.17, 15) is 14.4 Å². The zero-order valence-corrected chi connectivity index (χ0v) is 12.7. The molecule has 23 heavy (non-hydrogen) atoms. The van der Waals surface area contributed by atoms with Gasteiger partial charge in [-0.2, -0.15) is 0 Å². The Labute approximate surface area is 131 Å². The number of nitrogens with one attached hydrogen (secondary N) is 4. The van der Waals surface area contributed by atoms with Crippen LogP contribution in [0.25, 0.3) is 11.1 Å². The van der Waals surface area contributed by atoms with Crippen molar-refractivity contribution in [3.63, 3.8) is 0 Å². The van der Waals surface area contributed by atoms with E-state index in [1.165, 1.54) is 0 Å². The van der Waals surface area contributed by atoms with Crippen LogP contribution in [0.4, 0.5) is 10.6 Å². The van der Waals surface area contributed by atoms with E-state index >= 15 is 0 Å². The first-order valence-electron chi connectivity index (χ1n) is 6.95. The number of aromatic nitrogens is 1. The van der Waals surface area contributed by atoms with Gasteiger partial charge in [-0.05, 0) is 26.1 Å². The van der Waals surface area contributed by atoms with Crippen LogP contribution in [-0.4, -0.2) is 36.9 Å². The van der Waals surface area contributed by atoms with Crippen molar-refractivity contribution in [2.24, 2.45) is 0 Å². The minimum absolute atomic E-state index is 0.307. The number of hydrogen-bond acceptors (Lipinski definition) is 6. The van der Waals surface area contributed by atoms with E-state index in [1.54, 1.807) is 32.2 Å². The largest absolute Gasteiger partial charge is 0.457 e. The Morgan fingerprint density at radius 2 is 2.17 bits per heavy atom. The molecule has 0 aliphatic rings. The number of imide groups is 1. The molecule has 0 spiro atoms. The van der Waals surface area contributed by atoms with Crippen LogP contribution in [0.15, 0.2) is 22.6 Å². The van der Waals surface area contributed by atoms with Crippen LogP contribution in [0.1, 0.15) is 18.7 Å². The molecule has 0 saturated heterocycles. The second kappa shape index (κ2) is 7.36. The second-order valence-corrected chi connectivity index (χ2v) is 4.56. The molecule has 0 aliphatic carbocycles. The summed E-state index contributed by atoms with van der Waals surface area (Å²) in [7, 11) is 1.57. The molecule has 4 amide bonds. The molecule has 122 valence electrons. The van der Waals surface area contributed by atoms with Crippen LogP contribution in [0.2, 0.25) is 0 Å². The van der Waals surface area contributed by atoms with E-state index in [4.69, 9.17) is 4.42 Å². The SMILES string of the molecule is CCNC(=O)Nc1ccc2oc(C(NC)C(=O)NC=O)cc2n1. The average molecular weight is 319 g/mol. The Balaban J connectivity index is 2.26. The number of amides is 4. The van der Waals surface area contributed by atoms with E-state index < -0.39 is 11.9 Å². The van der Waals surface area contributed by atoms with E-state index in [0.29, 0.717) is 35.6 Å². The number of likely N-dealkylation sites (N-methyl/N-ethyl adjacent to an activating group) is 1. The minimum atomic E-state index is -0.825. The van der Waals surface area contributed by atoms with Crippen molar-refractivity contribution in [2.45, 2.75) is 13.0 Å². The van der Waals surface area contributed by atoms with Gasteiger partial charge in [0.2, 0.25) is 6.41 Å². The maximum atomic E-state index is 11.8. The highest BCUT2D eigenvalue weighted by molar-refractivity contribution is 5.92. The Bertz CT molecular complexity index is 727. The number of furan rings is 1. The van der Waals surface area contributed by atoms with Crippen molar-refractivity contribution >= 4 is 35.3 Å². The average Bonchev–Trinajstić information content (AvgIpc) is 2.91. The molecule has 1 atom stereocenters. The molecule has 0 radical (unpaired) electrons. The van der Waals surface area contributed by atoms with Gasteiger partial charge in [0.05, 0.1) is 0 Å². The Kier molecular flexibility index (Phi) is 5.26. The number of pyridine rings is 1. The maximum absolute atomic E-state index is 11.8. The smallest absolute Gasteiger partial charge is 0.320 e. The van der Waals surface area contributed by atoms with Crippen molar-refractivity contribution in [3.05, 3.63) is 24.0 Å². The summed E-state index contributed by atoms with van der Waals surface area (Å²) in [5.41, 5.74) is 0.939. The van der Waals surface area contributed by atoms with Gasteiger partial charge in [0.1, 0.15) is 23.1 Å². The third kappa shape index (κ3) is 3.83. The number of hydrogen-bond donors (Lipinski definition) is 4. The van der Waals surface area contributed by atoms with Gasteiger partial charge in [-0.1, -0.05) is 0 Å². The quantitative estimate of drug-likeness (QED) is 0.575. The molecule has 1 unspecified atom stereocenters. The van der Waals surface area contributed by atoms with Gasteiger partial charge in [0, 0.05) is 12.6 Å². The fourth-order valence-electron chi connectivity index (χ4n) is 2.02. The van der Waals surface area contributed by atoms with E-state index in [2.05, 4.69) is 26.3 Å². The first-order valence-corrected chi connectivity index (χ1v) is 6.95. The lowest BCUT2D eigenvalue weighted by Crippen LogP contribution is -2.34. The Hall–Kier alpha value is -2.94. The van der Waals surface area contributed by atoms with Crippen molar-refractivity contribution in [2.75, 3.05) is 18.9 Å². The molecule has 4 N–H and O–H groups in total. The predicted octanol–water partition coefficient (Wildman–Crippen LogP) is 0.502. The van der Waals surface area contributed by atoms with Crippen LogP contribution in [-0.2, 0) is 9.59 Å². The molecular weight excluding hydrogens is 302 g/mol. The lowest BCUT2D eigenvalue weighted by atomic mass is 10.2. The fraction of sp³-hybridized carbons (Fsp3) is 0.286. The zero-order chi connectivity index (χ0) is 16.8. The van der Waals surface area contributed by atoms with Gasteiger partial charge >= 0.3 is 6.03 Å². The molecular formula is C14H17N5O4. The predicted molar refractivity (Wildman–Crippen MR) is 82.7 cm³/mol. The molecule has 2 heterocycles. The number of carbonyl (C=O) groups excluding carboxylic acids is 3. The molecule has 0 aliphatic heterocycles. The summed E-state index contributed by atoms with van der Waals surface area (Å²) in [6.45, 7) is 2.31. The summed E-state index contributed by atoms with van der Waals surface area (Å²) in [6.07, 6.45) is 0.307. The first kappa shape index (κ1) is 16.4. The van der Waals surface area contributed by atoms with E-state index in [0.717, 1.165) is 0 Å². The monoisotopic (exact) mass is 319 g/mol. The van der Waals surface area contributed by atoms with Gasteiger partial charge in [-0.25, -0.2) is 9.78 Å². The third-order valence-corrected chi connectivity index (χ3v) is 3.01. The van der Waals surface area contributed by atoms with Crippen molar-refractivity contribution < 1.29 is 18.8 Å². The molecule has 9 nitrogen and oxygen atoms in total. The first-order chi connectivity index (χ1) is 11.1. The Morgan fingerprint density at radius 3 is 2.83 bits per heavy atom. The van der Waals surface area contributed by atoms with Gasteiger partial charge in [0.15, 0.2) is 5.58 Å². The number of nitrogens with zero attached hydrogens (tertiary/aromatic N) is 1. The number of carbonyl (C=O) groups is 3. The molecule has 2 rings (SSSR count). The Morgan fingerprint density at radius 1 is 1.39 bits per heavy atom. The molecule has 0 saturated carbocycles. The van der Waals surface area contributed by atoms with Crippen molar-refractivity contribution in [3.8, 4) is 0 Å². The summed E-state index contributed by atoms with van der Waals surface area (Å²) in [4.78, 5) is 37.9. The summed E-state index contributed by atoms with van der Waals surface area (Å²) >= 11 is 0. The van der Waals surface area contributed by atoms with Crippen LogP contribution >= 0.6 is 0 Å². The highest BCUT2D eigenvalue weighted by Crippen LogP contribution is 2.24. The van der Waals surface area contributed by atoms with Crippen molar-refractivity contribution in [1.82, 2.24) is 20.9 Å². The molecule has 0 fully saturated rings. The molecule has 0 aromatic carbocycles.